The molecule has 0 aliphatic carbocycles. The minimum atomic E-state index is 0.170. The molecule has 0 aliphatic heterocycles. The van der Waals surface area contributed by atoms with Gasteiger partial charge in [0.25, 0.3) is 0 Å². The number of nitrogens with zero attached hydrogens (tertiary/aromatic N) is 6. The zero-order valence-electron chi connectivity index (χ0n) is 64.3. The lowest BCUT2D eigenvalue weighted by Crippen LogP contribution is -2.12. The van der Waals surface area contributed by atoms with Gasteiger partial charge in [-0.15, -0.1) is 0 Å². The molecule has 4 aromatic heterocycles. The predicted molar refractivity (Wildman–Crippen MR) is 487 cm³/mol. The maximum Gasteiger partial charge on any atom is 0.0640 e. The Hall–Kier alpha value is -14.2. The van der Waals surface area contributed by atoms with E-state index in [1.807, 2.05) is 0 Å². The van der Waals surface area contributed by atoms with Crippen molar-refractivity contribution in [2.24, 2.45) is 0 Å². The van der Waals surface area contributed by atoms with E-state index in [4.69, 9.17) is 0 Å². The summed E-state index contributed by atoms with van der Waals surface area (Å²) in [7, 11) is 0. The zero-order valence-corrected chi connectivity index (χ0v) is 64.3. The summed E-state index contributed by atoms with van der Waals surface area (Å²) >= 11 is 0. The van der Waals surface area contributed by atoms with Crippen LogP contribution in [-0.4, -0.2) is 8.80 Å². The number of aryl methyl sites for hydroxylation is 2. The molecule has 0 aliphatic rings. The SMILES string of the molecule is Cc1cccc(N(c2ccccc2)c2c3ccccc3cc3c2c2cccc4c5c(N(c6ccccc6)c6cc(C)cc(CC(C)c7ccc(N(c8ccccc8)c8c9ccccc9cc9c8c8cccc%10c%11c(N(c%12ccccc%12)c%12ccc(C(C)C)cc%12)c%12ccccc%12cc%11n9c%108)cc7)c6)c6ccccc6cc5n3c24)c1. The van der Waals surface area contributed by atoms with Gasteiger partial charge in [-0.2, -0.15) is 0 Å². The third-order valence-electron chi connectivity index (χ3n) is 24.2. The quantitative estimate of drug-likeness (QED) is 0.0961. The van der Waals surface area contributed by atoms with Crippen LogP contribution in [0.15, 0.2) is 370 Å². The summed E-state index contributed by atoms with van der Waals surface area (Å²) in [5, 5.41) is 19.3. The van der Waals surface area contributed by atoms with E-state index in [1.165, 1.54) is 164 Å². The maximum atomic E-state index is 2.59. The average Bonchev–Trinajstić information content (AvgIpc) is 1.52. The van der Waals surface area contributed by atoms with Crippen molar-refractivity contribution in [1.29, 1.82) is 0 Å². The Kier molecular flexibility index (Phi) is 15.5. The smallest absolute Gasteiger partial charge is 0.0640 e. The van der Waals surface area contributed by atoms with Gasteiger partial charge in [-0.1, -0.05) is 269 Å². The number of aromatic nitrogens is 2. The van der Waals surface area contributed by atoms with Crippen LogP contribution in [0, 0.1) is 13.8 Å². The lowest BCUT2D eigenvalue weighted by molar-refractivity contribution is 0.758. The fraction of sp³-hybridized carbons (Fsp3) is 0.0741. The number of rotatable bonds is 16. The van der Waals surface area contributed by atoms with Crippen molar-refractivity contribution in [3.05, 3.63) is 398 Å². The first kappa shape index (κ1) is 66.8. The largest absolute Gasteiger partial charge is 0.309 e. The summed E-state index contributed by atoms with van der Waals surface area (Å²) in [5.74, 6) is 0.585. The van der Waals surface area contributed by atoms with Gasteiger partial charge in [0.05, 0.1) is 55.8 Å². The molecule has 0 bridgehead atoms. The monoisotopic (exact) mass is 1460 g/mol. The first-order chi connectivity index (χ1) is 56.1. The third-order valence-corrected chi connectivity index (χ3v) is 24.2. The van der Waals surface area contributed by atoms with Crippen molar-refractivity contribution in [2.45, 2.75) is 52.9 Å². The highest BCUT2D eigenvalue weighted by Crippen LogP contribution is 2.57. The molecular formula is C108H80N6. The Labute approximate surface area is 662 Å². The average molecular weight is 1460 g/mol. The molecule has 0 fully saturated rings. The number of benzene rings is 18. The number of hydrogen-bond donors (Lipinski definition) is 0. The summed E-state index contributed by atoms with van der Waals surface area (Å²) in [6, 6.07) is 139. The molecular weight excluding hydrogens is 1380 g/mol. The van der Waals surface area contributed by atoms with E-state index in [-0.39, 0.29) is 5.92 Å². The van der Waals surface area contributed by atoms with Crippen LogP contribution in [0.4, 0.5) is 68.2 Å². The third kappa shape index (κ3) is 10.5. The number of hydrogen-bond acceptors (Lipinski definition) is 4. The van der Waals surface area contributed by atoms with Gasteiger partial charge in [-0.05, 0) is 203 Å². The van der Waals surface area contributed by atoms with Gasteiger partial charge in [0.15, 0.2) is 0 Å². The zero-order chi connectivity index (χ0) is 76.0. The summed E-state index contributed by atoms with van der Waals surface area (Å²) in [6.07, 6.45) is 0.833. The normalized spacial score (nSPS) is 12.3. The van der Waals surface area contributed by atoms with E-state index in [9.17, 15) is 0 Å². The first-order valence-electron chi connectivity index (χ1n) is 40.0. The van der Waals surface area contributed by atoms with Crippen molar-refractivity contribution in [1.82, 2.24) is 8.80 Å². The van der Waals surface area contributed by atoms with Crippen molar-refractivity contribution in [2.75, 3.05) is 19.6 Å². The van der Waals surface area contributed by atoms with Crippen LogP contribution in [0.1, 0.15) is 60.4 Å². The molecule has 0 radical (unpaired) electrons. The van der Waals surface area contributed by atoms with Crippen LogP contribution in [0.5, 0.6) is 0 Å². The highest BCUT2D eigenvalue weighted by atomic mass is 15.2. The van der Waals surface area contributed by atoms with E-state index in [1.54, 1.807) is 0 Å². The van der Waals surface area contributed by atoms with Gasteiger partial charge in [0.1, 0.15) is 0 Å². The maximum absolute atomic E-state index is 2.59. The summed E-state index contributed by atoms with van der Waals surface area (Å²) < 4.78 is 5.19. The van der Waals surface area contributed by atoms with E-state index in [0.29, 0.717) is 5.92 Å². The van der Waals surface area contributed by atoms with E-state index < -0.39 is 0 Å². The molecule has 0 saturated carbocycles. The molecule has 22 aromatic rings. The van der Waals surface area contributed by atoms with Gasteiger partial charge in [0, 0.05) is 110 Å². The summed E-state index contributed by atoms with van der Waals surface area (Å²) in [5.41, 5.74) is 27.0. The molecule has 114 heavy (non-hydrogen) atoms. The lowest BCUT2D eigenvalue weighted by Gasteiger charge is -2.29. The van der Waals surface area contributed by atoms with Crippen molar-refractivity contribution >= 4 is 188 Å². The molecule has 1 unspecified atom stereocenters. The van der Waals surface area contributed by atoms with Gasteiger partial charge < -0.3 is 28.4 Å². The molecule has 0 spiro atoms. The Bertz CT molecular complexity index is 7510. The second-order valence-corrected chi connectivity index (χ2v) is 31.6. The molecule has 0 amide bonds. The van der Waals surface area contributed by atoms with Crippen molar-refractivity contribution in [3.8, 4) is 0 Å². The minimum Gasteiger partial charge on any atom is -0.309 e. The fourth-order valence-electron chi connectivity index (χ4n) is 19.3. The Morgan fingerprint density at radius 3 is 0.886 bits per heavy atom. The Morgan fingerprint density at radius 2 is 0.526 bits per heavy atom. The topological polar surface area (TPSA) is 21.8 Å². The molecule has 4 heterocycles. The number of anilines is 12. The molecule has 0 saturated heterocycles. The van der Waals surface area contributed by atoms with Gasteiger partial charge in [-0.25, -0.2) is 0 Å². The van der Waals surface area contributed by atoms with E-state index in [0.717, 1.165) is 57.6 Å². The standard InChI is InChI=1S/C108H80N6/c1-68(2)73-51-55-83(56-52-73)109(79-34-10-6-11-35-79)105-87-43-22-18-30-75(87)64-95-99(105)91-47-27-48-92-100-96(113(95)103(91)92)65-76-31-19-23-44-88(76)106(100)110(80-36-12-7-13-37-80)84-57-53-74(54-58-84)71(5)62-72-59-70(4)61-86(63-72)112(82-40-16-9-17-41-82)108-90-46-25-21-33-78(90)67-98-102(108)94-50-28-49-93-101-97(114(98)104(93)94)66-77-32-20-24-45-89(77)107(101)111(81-38-14-8-15-39-81)85-42-26-29-69(3)60-85/h6-61,63-68,71H,62H2,1-5H3. The molecule has 22 rings (SSSR count). The first-order valence-corrected chi connectivity index (χ1v) is 40.0. The van der Waals surface area contributed by atoms with Crippen LogP contribution >= 0.6 is 0 Å². The van der Waals surface area contributed by atoms with Crippen LogP contribution in [0.3, 0.4) is 0 Å². The molecule has 542 valence electrons. The second kappa shape index (κ2) is 26.5. The van der Waals surface area contributed by atoms with Gasteiger partial charge >= 0.3 is 0 Å². The van der Waals surface area contributed by atoms with E-state index >= 15 is 0 Å². The predicted octanol–water partition coefficient (Wildman–Crippen LogP) is 30.6. The summed E-state index contributed by atoms with van der Waals surface area (Å²) in [6.45, 7) is 11.4. The van der Waals surface area contributed by atoms with Crippen molar-refractivity contribution < 1.29 is 0 Å². The Balaban J connectivity index is 0.677. The van der Waals surface area contributed by atoms with E-state index in [2.05, 4.69) is 433 Å². The molecule has 6 heteroatoms. The van der Waals surface area contributed by atoms with Crippen molar-refractivity contribution in [3.63, 3.8) is 0 Å². The van der Waals surface area contributed by atoms with Gasteiger partial charge in [-0.3, -0.25) is 0 Å². The Morgan fingerprint density at radius 1 is 0.237 bits per heavy atom. The summed E-state index contributed by atoms with van der Waals surface area (Å²) in [4.78, 5) is 10.1. The minimum absolute atomic E-state index is 0.170. The van der Waals surface area contributed by atoms with Crippen LogP contribution in [0.2, 0.25) is 0 Å². The molecule has 6 nitrogen and oxygen atoms in total. The van der Waals surface area contributed by atoms with Crippen LogP contribution in [-0.2, 0) is 6.42 Å². The second-order valence-electron chi connectivity index (χ2n) is 31.6. The molecule has 0 N–H and O–H groups in total. The molecule has 18 aromatic carbocycles. The highest BCUT2D eigenvalue weighted by molar-refractivity contribution is 6.36. The highest BCUT2D eigenvalue weighted by Gasteiger charge is 2.33. The number of fused-ring (bicyclic) bond motifs is 16. The van der Waals surface area contributed by atoms with Crippen LogP contribution < -0.4 is 19.6 Å². The van der Waals surface area contributed by atoms with Gasteiger partial charge in [0.2, 0.25) is 0 Å². The fourth-order valence-corrected chi connectivity index (χ4v) is 19.3. The van der Waals surface area contributed by atoms with Crippen LogP contribution in [0.25, 0.3) is 119 Å². The number of para-hydroxylation sites is 6. The lowest BCUT2D eigenvalue weighted by atomic mass is 9.92. The molecule has 1 atom stereocenters.